The fourth-order valence-corrected chi connectivity index (χ4v) is 3.53. The first-order valence-electron chi connectivity index (χ1n) is 10.00. The Morgan fingerprint density at radius 2 is 1.73 bits per heavy atom. The smallest absolute Gasteiger partial charge is 0.270 e. The molecule has 2 amide bonds. The van der Waals surface area contributed by atoms with Crippen molar-refractivity contribution in [2.75, 3.05) is 27.0 Å². The number of nitrogens with one attached hydrogen (secondary N) is 1. The molecule has 0 spiro atoms. The molecule has 0 atom stereocenters. The first kappa shape index (κ1) is 19.8. The van der Waals surface area contributed by atoms with Crippen molar-refractivity contribution in [2.45, 2.75) is 19.3 Å². The average molecular weight is 408 g/mol. The second-order valence-corrected chi connectivity index (χ2v) is 7.21. The third kappa shape index (κ3) is 4.40. The van der Waals surface area contributed by atoms with Crippen LogP contribution in [-0.2, 0) is 4.79 Å². The Balaban J connectivity index is 1.60. The van der Waals surface area contributed by atoms with Gasteiger partial charge in [0.25, 0.3) is 11.8 Å². The number of hydrogen-bond donors (Lipinski definition) is 1. The lowest BCUT2D eigenvalue weighted by Gasteiger charge is -2.27. The summed E-state index contributed by atoms with van der Waals surface area (Å²) >= 11 is 0. The van der Waals surface area contributed by atoms with E-state index >= 15 is 0 Å². The van der Waals surface area contributed by atoms with Crippen molar-refractivity contribution in [1.82, 2.24) is 10.2 Å². The van der Waals surface area contributed by atoms with Gasteiger partial charge in [-0.25, -0.2) is 0 Å². The summed E-state index contributed by atoms with van der Waals surface area (Å²) in [7, 11) is 1.57. The minimum Gasteiger partial charge on any atom is -0.497 e. The van der Waals surface area contributed by atoms with Gasteiger partial charge in [-0.2, -0.15) is 0 Å². The van der Waals surface area contributed by atoms with Crippen molar-refractivity contribution in [3.63, 3.8) is 0 Å². The van der Waals surface area contributed by atoms with E-state index in [1.54, 1.807) is 54.5 Å². The predicted octanol–water partition coefficient (Wildman–Crippen LogP) is 3.21. The topological polar surface area (TPSA) is 77.1 Å². The van der Waals surface area contributed by atoms with E-state index in [0.29, 0.717) is 35.9 Å². The maximum absolute atomic E-state index is 13.2. The summed E-state index contributed by atoms with van der Waals surface area (Å²) < 4.78 is 15.9. The molecule has 0 aliphatic carbocycles. The van der Waals surface area contributed by atoms with Crippen molar-refractivity contribution in [2.24, 2.45) is 0 Å². The lowest BCUT2D eigenvalue weighted by molar-refractivity contribution is -0.128. The van der Waals surface area contributed by atoms with Crippen molar-refractivity contribution in [1.29, 1.82) is 0 Å². The molecule has 0 saturated carbocycles. The molecule has 156 valence electrons. The molecule has 2 heterocycles. The molecule has 4 rings (SSSR count). The van der Waals surface area contributed by atoms with Gasteiger partial charge < -0.3 is 24.4 Å². The second kappa shape index (κ2) is 8.90. The number of carbonyl (C=O) groups is 2. The van der Waals surface area contributed by atoms with Gasteiger partial charge in [0.15, 0.2) is 11.5 Å². The number of methoxy groups -OCH3 is 1. The fraction of sp³-hybridized carbons (Fsp3) is 0.304. The summed E-state index contributed by atoms with van der Waals surface area (Å²) in [6.07, 6.45) is 4.73. The van der Waals surface area contributed by atoms with E-state index < -0.39 is 0 Å². The Labute approximate surface area is 175 Å². The molecule has 2 aromatic carbocycles. The largest absolute Gasteiger partial charge is 0.497 e. The number of piperidine rings is 1. The number of fused-ring (bicyclic) bond motifs is 1. The van der Waals surface area contributed by atoms with Crippen LogP contribution in [0.4, 0.5) is 0 Å². The molecule has 2 aliphatic rings. The molecule has 1 saturated heterocycles. The van der Waals surface area contributed by atoms with E-state index in [-0.39, 0.29) is 24.3 Å². The first-order chi connectivity index (χ1) is 14.6. The van der Waals surface area contributed by atoms with Gasteiger partial charge in [0.1, 0.15) is 11.4 Å². The van der Waals surface area contributed by atoms with Gasteiger partial charge in [0, 0.05) is 18.7 Å². The third-order valence-corrected chi connectivity index (χ3v) is 5.18. The van der Waals surface area contributed by atoms with Crippen molar-refractivity contribution >= 4 is 17.9 Å². The molecular formula is C23H24N2O5. The highest BCUT2D eigenvalue weighted by molar-refractivity contribution is 6.05. The normalized spacial score (nSPS) is 15.6. The predicted molar refractivity (Wildman–Crippen MR) is 111 cm³/mol. The molecule has 30 heavy (non-hydrogen) atoms. The van der Waals surface area contributed by atoms with Gasteiger partial charge in [0.2, 0.25) is 6.79 Å². The summed E-state index contributed by atoms with van der Waals surface area (Å²) in [4.78, 5) is 27.8. The van der Waals surface area contributed by atoms with E-state index in [1.807, 2.05) is 6.07 Å². The maximum atomic E-state index is 13.2. The SMILES string of the molecule is COc1ccc(C(=O)N/C(=C/c2ccc3c(c2)OCO3)C(=O)N2CCCCC2)cc1. The second-order valence-electron chi connectivity index (χ2n) is 7.21. The fourth-order valence-electron chi connectivity index (χ4n) is 3.53. The van der Waals surface area contributed by atoms with Crippen LogP contribution in [0.3, 0.4) is 0 Å². The van der Waals surface area contributed by atoms with Gasteiger partial charge in [0.05, 0.1) is 7.11 Å². The van der Waals surface area contributed by atoms with E-state index in [4.69, 9.17) is 14.2 Å². The molecule has 0 radical (unpaired) electrons. The van der Waals surface area contributed by atoms with Crippen LogP contribution in [-0.4, -0.2) is 43.7 Å². The van der Waals surface area contributed by atoms with Gasteiger partial charge in [-0.3, -0.25) is 9.59 Å². The van der Waals surface area contributed by atoms with Crippen LogP contribution >= 0.6 is 0 Å². The van der Waals surface area contributed by atoms with Crippen molar-refractivity contribution < 1.29 is 23.8 Å². The number of hydrogen-bond acceptors (Lipinski definition) is 5. The number of amides is 2. The van der Waals surface area contributed by atoms with Gasteiger partial charge >= 0.3 is 0 Å². The summed E-state index contributed by atoms with van der Waals surface area (Å²) in [6.45, 7) is 1.56. The molecule has 1 N–H and O–H groups in total. The summed E-state index contributed by atoms with van der Waals surface area (Å²) in [6, 6.07) is 12.2. The minimum atomic E-state index is -0.352. The van der Waals surface area contributed by atoms with Crippen LogP contribution < -0.4 is 19.5 Å². The van der Waals surface area contributed by atoms with Crippen LogP contribution in [0.2, 0.25) is 0 Å². The van der Waals surface area contributed by atoms with Gasteiger partial charge in [-0.15, -0.1) is 0 Å². The van der Waals surface area contributed by atoms with E-state index in [2.05, 4.69) is 5.32 Å². The Morgan fingerprint density at radius 3 is 2.47 bits per heavy atom. The number of benzene rings is 2. The Kier molecular flexibility index (Phi) is 5.88. The monoisotopic (exact) mass is 408 g/mol. The van der Waals surface area contributed by atoms with E-state index in [1.165, 1.54) is 0 Å². The van der Waals surface area contributed by atoms with Crippen LogP contribution in [0.1, 0.15) is 35.2 Å². The Morgan fingerprint density at radius 1 is 1.00 bits per heavy atom. The van der Waals surface area contributed by atoms with Crippen molar-refractivity contribution in [3.8, 4) is 17.2 Å². The highest BCUT2D eigenvalue weighted by atomic mass is 16.7. The van der Waals surface area contributed by atoms with Crippen LogP contribution in [0, 0.1) is 0 Å². The molecule has 7 heteroatoms. The molecule has 0 bridgehead atoms. The quantitative estimate of drug-likeness (QED) is 0.769. The van der Waals surface area contributed by atoms with Crippen molar-refractivity contribution in [3.05, 3.63) is 59.3 Å². The number of carbonyl (C=O) groups excluding carboxylic acids is 2. The highest BCUT2D eigenvalue weighted by Gasteiger charge is 2.23. The third-order valence-electron chi connectivity index (χ3n) is 5.18. The number of nitrogens with zero attached hydrogens (tertiary/aromatic N) is 1. The Bertz CT molecular complexity index is 962. The first-order valence-corrected chi connectivity index (χ1v) is 10.00. The molecule has 0 aromatic heterocycles. The van der Waals surface area contributed by atoms with Crippen LogP contribution in [0.25, 0.3) is 6.08 Å². The summed E-state index contributed by atoms with van der Waals surface area (Å²) in [5.41, 5.74) is 1.42. The minimum absolute atomic E-state index is 0.177. The summed E-state index contributed by atoms with van der Waals surface area (Å²) in [5, 5.41) is 2.80. The average Bonchev–Trinajstić information content (AvgIpc) is 3.26. The van der Waals surface area contributed by atoms with Gasteiger partial charge in [-0.05, 0) is 67.3 Å². The lowest BCUT2D eigenvalue weighted by atomic mass is 10.1. The standard InChI is InChI=1S/C23H24N2O5/c1-28-18-8-6-17(7-9-18)22(26)24-19(23(27)25-11-3-2-4-12-25)13-16-5-10-20-21(14-16)30-15-29-20/h5-10,13-14H,2-4,11-12,15H2,1H3,(H,24,26)/b19-13+. The zero-order chi connectivity index (χ0) is 20.9. The van der Waals surface area contributed by atoms with Gasteiger partial charge in [-0.1, -0.05) is 6.07 Å². The molecule has 0 unspecified atom stereocenters. The number of rotatable bonds is 5. The Hall–Kier alpha value is -3.48. The maximum Gasteiger partial charge on any atom is 0.270 e. The zero-order valence-electron chi connectivity index (χ0n) is 16.8. The molecule has 1 fully saturated rings. The lowest BCUT2D eigenvalue weighted by Crippen LogP contribution is -2.41. The molecule has 2 aliphatic heterocycles. The van der Waals surface area contributed by atoms with Crippen LogP contribution in [0.5, 0.6) is 17.2 Å². The van der Waals surface area contributed by atoms with E-state index in [0.717, 1.165) is 24.8 Å². The highest BCUT2D eigenvalue weighted by Crippen LogP contribution is 2.33. The molecule has 7 nitrogen and oxygen atoms in total. The molecular weight excluding hydrogens is 384 g/mol. The molecule has 2 aromatic rings. The summed E-state index contributed by atoms with van der Waals surface area (Å²) in [5.74, 6) is 1.41. The zero-order valence-corrected chi connectivity index (χ0v) is 16.8. The number of likely N-dealkylation sites (tertiary alicyclic amines) is 1. The van der Waals surface area contributed by atoms with E-state index in [9.17, 15) is 9.59 Å². The van der Waals surface area contributed by atoms with Crippen LogP contribution in [0.15, 0.2) is 48.2 Å². The number of ether oxygens (including phenoxy) is 3.